The van der Waals surface area contributed by atoms with Gasteiger partial charge in [-0.15, -0.1) is 0 Å². The third-order valence-electron chi connectivity index (χ3n) is 2.82. The minimum atomic E-state index is -0.242. The largest absolute Gasteiger partial charge is 0.383 e. The second-order valence-electron chi connectivity index (χ2n) is 4.08. The monoisotopic (exact) mass is 215 g/mol. The van der Waals surface area contributed by atoms with E-state index in [1.807, 2.05) is 0 Å². The van der Waals surface area contributed by atoms with Gasteiger partial charge >= 0.3 is 0 Å². The molecule has 1 atom stereocenters. The zero-order valence-electron chi connectivity index (χ0n) is 9.61. The van der Waals surface area contributed by atoms with E-state index in [0.717, 1.165) is 32.8 Å². The van der Waals surface area contributed by atoms with E-state index in [1.165, 1.54) is 0 Å². The van der Waals surface area contributed by atoms with Crippen LogP contribution in [0.4, 0.5) is 0 Å². The number of piperazine rings is 1. The number of methoxy groups -OCH3 is 1. The molecular formula is C10H21N3O2. The minimum Gasteiger partial charge on any atom is -0.383 e. The van der Waals surface area contributed by atoms with Crippen molar-refractivity contribution in [2.75, 3.05) is 46.4 Å². The summed E-state index contributed by atoms with van der Waals surface area (Å²) < 4.78 is 5.12. The van der Waals surface area contributed by atoms with E-state index < -0.39 is 0 Å². The van der Waals surface area contributed by atoms with Crippen molar-refractivity contribution in [1.82, 2.24) is 9.80 Å². The number of primary amides is 1. The first-order chi connectivity index (χ1) is 7.13. The van der Waals surface area contributed by atoms with Crippen molar-refractivity contribution in [1.29, 1.82) is 0 Å². The van der Waals surface area contributed by atoms with Crippen LogP contribution in [0.1, 0.15) is 6.92 Å². The number of carbonyl (C=O) groups is 1. The molecule has 0 aliphatic carbocycles. The highest BCUT2D eigenvalue weighted by atomic mass is 16.5. The number of rotatable bonds is 5. The van der Waals surface area contributed by atoms with Crippen molar-refractivity contribution < 1.29 is 9.53 Å². The number of nitrogens with zero attached hydrogens (tertiary/aromatic N) is 2. The topological polar surface area (TPSA) is 58.8 Å². The van der Waals surface area contributed by atoms with Crippen molar-refractivity contribution >= 4 is 5.91 Å². The van der Waals surface area contributed by atoms with Crippen LogP contribution in [0, 0.1) is 0 Å². The Morgan fingerprint density at radius 3 is 2.47 bits per heavy atom. The average molecular weight is 215 g/mol. The first-order valence-electron chi connectivity index (χ1n) is 5.37. The molecule has 15 heavy (non-hydrogen) atoms. The smallest absolute Gasteiger partial charge is 0.231 e. The highest BCUT2D eigenvalue weighted by Gasteiger charge is 2.21. The van der Waals surface area contributed by atoms with E-state index in [-0.39, 0.29) is 5.91 Å². The van der Waals surface area contributed by atoms with E-state index in [9.17, 15) is 4.79 Å². The molecule has 88 valence electrons. The number of carbonyl (C=O) groups excluding carboxylic acids is 1. The van der Waals surface area contributed by atoms with Gasteiger partial charge in [-0.3, -0.25) is 14.6 Å². The van der Waals surface area contributed by atoms with Crippen molar-refractivity contribution in [2.45, 2.75) is 13.0 Å². The van der Waals surface area contributed by atoms with Gasteiger partial charge < -0.3 is 10.5 Å². The van der Waals surface area contributed by atoms with Crippen LogP contribution in [-0.2, 0) is 9.53 Å². The second kappa shape index (κ2) is 6.05. The normalized spacial score (nSPS) is 21.5. The van der Waals surface area contributed by atoms with Crippen LogP contribution in [0.5, 0.6) is 0 Å². The Balaban J connectivity index is 2.26. The maximum absolute atomic E-state index is 10.7. The third-order valence-corrected chi connectivity index (χ3v) is 2.82. The number of hydrogen-bond acceptors (Lipinski definition) is 4. The number of hydrogen-bond donors (Lipinski definition) is 1. The predicted octanol–water partition coefficient (Wildman–Crippen LogP) is -0.876. The Kier molecular flexibility index (Phi) is 5.01. The molecule has 0 aromatic rings. The van der Waals surface area contributed by atoms with Gasteiger partial charge in [0.2, 0.25) is 5.91 Å². The molecule has 5 nitrogen and oxygen atoms in total. The lowest BCUT2D eigenvalue weighted by molar-refractivity contribution is -0.119. The Morgan fingerprint density at radius 1 is 1.40 bits per heavy atom. The summed E-state index contributed by atoms with van der Waals surface area (Å²) in [6.07, 6.45) is 0. The lowest BCUT2D eigenvalue weighted by Gasteiger charge is -2.37. The molecule has 0 aromatic carbocycles. The summed E-state index contributed by atoms with van der Waals surface area (Å²) >= 11 is 0. The lowest BCUT2D eigenvalue weighted by atomic mass is 10.2. The van der Waals surface area contributed by atoms with Gasteiger partial charge in [0, 0.05) is 39.3 Å². The van der Waals surface area contributed by atoms with E-state index in [4.69, 9.17) is 10.5 Å². The van der Waals surface area contributed by atoms with Crippen molar-refractivity contribution in [3.8, 4) is 0 Å². The second-order valence-corrected chi connectivity index (χ2v) is 4.08. The number of ether oxygens (including phenoxy) is 1. The fourth-order valence-corrected chi connectivity index (χ4v) is 1.93. The van der Waals surface area contributed by atoms with E-state index in [1.54, 1.807) is 7.11 Å². The number of nitrogens with two attached hydrogens (primary N) is 1. The molecule has 0 radical (unpaired) electrons. The van der Waals surface area contributed by atoms with Gasteiger partial charge in [0.1, 0.15) is 0 Å². The van der Waals surface area contributed by atoms with Crippen LogP contribution in [-0.4, -0.2) is 68.2 Å². The highest BCUT2D eigenvalue weighted by Crippen LogP contribution is 2.05. The summed E-state index contributed by atoms with van der Waals surface area (Å²) in [6, 6.07) is 0.450. The standard InChI is InChI=1S/C10H21N3O2/c1-9(8-15-2)13-5-3-12(4-6-13)7-10(11)14/h9H,3-8H2,1-2H3,(H2,11,14)/t9-/m1/s1. The summed E-state index contributed by atoms with van der Waals surface area (Å²) in [6.45, 7) is 7.10. The molecule has 0 aromatic heterocycles. The van der Waals surface area contributed by atoms with Gasteiger partial charge in [-0.05, 0) is 6.92 Å². The Morgan fingerprint density at radius 2 is 2.00 bits per heavy atom. The lowest BCUT2D eigenvalue weighted by Crippen LogP contribution is -2.52. The summed E-state index contributed by atoms with van der Waals surface area (Å²) in [5.41, 5.74) is 5.15. The molecule has 1 amide bonds. The molecule has 0 spiro atoms. The molecule has 1 fully saturated rings. The van der Waals surface area contributed by atoms with Crippen molar-refractivity contribution in [2.24, 2.45) is 5.73 Å². The van der Waals surface area contributed by atoms with Crippen LogP contribution in [0.25, 0.3) is 0 Å². The van der Waals surface area contributed by atoms with Gasteiger partial charge in [-0.1, -0.05) is 0 Å². The van der Waals surface area contributed by atoms with Gasteiger partial charge in [0.05, 0.1) is 13.2 Å². The molecule has 0 saturated carbocycles. The zero-order chi connectivity index (χ0) is 11.3. The first kappa shape index (κ1) is 12.4. The van der Waals surface area contributed by atoms with Crippen molar-refractivity contribution in [3.05, 3.63) is 0 Å². The molecule has 1 heterocycles. The molecule has 1 rings (SSSR count). The molecule has 0 bridgehead atoms. The molecule has 0 unspecified atom stereocenters. The predicted molar refractivity (Wildman–Crippen MR) is 58.5 cm³/mol. The average Bonchev–Trinajstić information content (AvgIpc) is 2.18. The maximum atomic E-state index is 10.7. The van der Waals surface area contributed by atoms with Gasteiger partial charge in [-0.2, -0.15) is 0 Å². The molecule has 5 heteroatoms. The van der Waals surface area contributed by atoms with E-state index in [2.05, 4.69) is 16.7 Å². The SMILES string of the molecule is COC[C@@H](C)N1CCN(CC(N)=O)CC1. The third kappa shape index (κ3) is 4.15. The molecule has 1 aliphatic heterocycles. The first-order valence-corrected chi connectivity index (χ1v) is 5.37. The molecule has 1 aliphatic rings. The van der Waals surface area contributed by atoms with Crippen LogP contribution >= 0.6 is 0 Å². The van der Waals surface area contributed by atoms with Gasteiger partial charge in [0.25, 0.3) is 0 Å². The molecular weight excluding hydrogens is 194 g/mol. The Hall–Kier alpha value is -0.650. The summed E-state index contributed by atoms with van der Waals surface area (Å²) in [4.78, 5) is 15.2. The summed E-state index contributed by atoms with van der Waals surface area (Å²) in [7, 11) is 1.72. The molecule has 1 saturated heterocycles. The van der Waals surface area contributed by atoms with Crippen LogP contribution in [0.2, 0.25) is 0 Å². The van der Waals surface area contributed by atoms with Gasteiger partial charge in [-0.25, -0.2) is 0 Å². The Labute approximate surface area is 91.2 Å². The highest BCUT2D eigenvalue weighted by molar-refractivity contribution is 5.75. The maximum Gasteiger partial charge on any atom is 0.231 e. The van der Waals surface area contributed by atoms with E-state index in [0.29, 0.717) is 12.6 Å². The van der Waals surface area contributed by atoms with Crippen LogP contribution in [0.3, 0.4) is 0 Å². The van der Waals surface area contributed by atoms with Crippen LogP contribution in [0.15, 0.2) is 0 Å². The fraction of sp³-hybridized carbons (Fsp3) is 0.900. The quantitative estimate of drug-likeness (QED) is 0.647. The minimum absolute atomic E-state index is 0.242. The van der Waals surface area contributed by atoms with Gasteiger partial charge in [0.15, 0.2) is 0 Å². The van der Waals surface area contributed by atoms with Crippen LogP contribution < -0.4 is 5.73 Å². The fourth-order valence-electron chi connectivity index (χ4n) is 1.93. The summed E-state index contributed by atoms with van der Waals surface area (Å²) in [5.74, 6) is -0.242. The summed E-state index contributed by atoms with van der Waals surface area (Å²) in [5, 5.41) is 0. The Bertz CT molecular complexity index is 203. The van der Waals surface area contributed by atoms with E-state index >= 15 is 0 Å². The molecule has 2 N–H and O–H groups in total. The zero-order valence-corrected chi connectivity index (χ0v) is 9.61. The number of amides is 1. The van der Waals surface area contributed by atoms with Crippen molar-refractivity contribution in [3.63, 3.8) is 0 Å².